The quantitative estimate of drug-likeness (QED) is 0.630. The Balaban J connectivity index is 1.51. The molecule has 0 spiro atoms. The lowest BCUT2D eigenvalue weighted by Crippen LogP contribution is -2.25. The molecule has 1 amide bonds. The Kier molecular flexibility index (Phi) is 6.33. The molecule has 5 nitrogen and oxygen atoms in total. The summed E-state index contributed by atoms with van der Waals surface area (Å²) in [6.07, 6.45) is 0.567. The van der Waals surface area contributed by atoms with Crippen LogP contribution in [-0.4, -0.2) is 30.0 Å². The van der Waals surface area contributed by atoms with E-state index in [1.807, 2.05) is 54.6 Å². The number of thiazole rings is 1. The number of benzene rings is 2. The van der Waals surface area contributed by atoms with Gasteiger partial charge in [-0.05, 0) is 30.2 Å². The number of hydrogen-bond acceptors (Lipinski definition) is 5. The van der Waals surface area contributed by atoms with E-state index in [9.17, 15) is 9.59 Å². The van der Waals surface area contributed by atoms with E-state index in [4.69, 9.17) is 4.74 Å². The van der Waals surface area contributed by atoms with Crippen LogP contribution in [0.3, 0.4) is 0 Å². The van der Waals surface area contributed by atoms with Crippen molar-refractivity contribution >= 4 is 23.2 Å². The molecule has 1 heterocycles. The highest BCUT2D eigenvalue weighted by atomic mass is 32.1. The maximum atomic E-state index is 12.3. The lowest BCUT2D eigenvalue weighted by atomic mass is 10.0. The molecule has 0 aliphatic carbocycles. The number of ether oxygens (including phenoxy) is 1. The molecular formula is C21H20N2O3S. The second-order valence-corrected chi connectivity index (χ2v) is 6.74. The van der Waals surface area contributed by atoms with Gasteiger partial charge in [0.2, 0.25) is 0 Å². The molecule has 27 heavy (non-hydrogen) atoms. The lowest BCUT2D eigenvalue weighted by molar-refractivity contribution is 0.0520. The minimum atomic E-state index is -0.414. The number of nitrogens with zero attached hydrogens (tertiary/aromatic N) is 1. The molecule has 1 N–H and O–H groups in total. The van der Waals surface area contributed by atoms with Crippen LogP contribution < -0.4 is 5.32 Å². The first-order valence-corrected chi connectivity index (χ1v) is 9.60. The lowest BCUT2D eigenvalue weighted by Gasteiger charge is -2.06. The Bertz CT molecular complexity index is 905. The average Bonchev–Trinajstić information content (AvgIpc) is 3.18. The number of rotatable bonds is 7. The van der Waals surface area contributed by atoms with Crippen LogP contribution in [0.4, 0.5) is 0 Å². The summed E-state index contributed by atoms with van der Waals surface area (Å²) in [6.45, 7) is 2.53. The number of amides is 1. The molecule has 1 aromatic heterocycles. The zero-order chi connectivity index (χ0) is 19.1. The third kappa shape index (κ3) is 5.01. The Morgan fingerprint density at radius 1 is 1.04 bits per heavy atom. The monoisotopic (exact) mass is 380 g/mol. The standard InChI is InChI=1S/C21H20N2O3S/c1-2-26-21(25)18-14-27-19(23-18)12-13-22-20(24)17-10-8-16(9-11-17)15-6-4-3-5-7-15/h3-11,14H,2,12-13H2,1H3,(H,22,24). The van der Waals surface area contributed by atoms with Crippen molar-refractivity contribution in [3.05, 3.63) is 76.2 Å². The van der Waals surface area contributed by atoms with Gasteiger partial charge in [0, 0.05) is 23.9 Å². The van der Waals surface area contributed by atoms with Crippen molar-refractivity contribution in [3.63, 3.8) is 0 Å². The first kappa shape index (κ1) is 18.8. The van der Waals surface area contributed by atoms with E-state index in [1.54, 1.807) is 12.3 Å². The molecule has 0 aliphatic heterocycles. The molecule has 0 bridgehead atoms. The van der Waals surface area contributed by atoms with Crippen LogP contribution in [-0.2, 0) is 11.2 Å². The van der Waals surface area contributed by atoms with E-state index in [-0.39, 0.29) is 5.91 Å². The number of carbonyl (C=O) groups is 2. The zero-order valence-corrected chi connectivity index (χ0v) is 15.8. The molecule has 3 rings (SSSR count). The van der Waals surface area contributed by atoms with Crippen LogP contribution in [0.25, 0.3) is 11.1 Å². The van der Waals surface area contributed by atoms with Gasteiger partial charge in [0.15, 0.2) is 5.69 Å². The summed E-state index contributed by atoms with van der Waals surface area (Å²) in [7, 11) is 0. The van der Waals surface area contributed by atoms with Gasteiger partial charge in [-0.1, -0.05) is 42.5 Å². The maximum absolute atomic E-state index is 12.3. The Morgan fingerprint density at radius 3 is 2.44 bits per heavy atom. The van der Waals surface area contributed by atoms with Gasteiger partial charge in [-0.3, -0.25) is 4.79 Å². The largest absolute Gasteiger partial charge is 0.461 e. The zero-order valence-electron chi connectivity index (χ0n) is 15.0. The van der Waals surface area contributed by atoms with E-state index in [0.717, 1.165) is 16.1 Å². The van der Waals surface area contributed by atoms with Crippen LogP contribution in [0.5, 0.6) is 0 Å². The first-order chi connectivity index (χ1) is 13.2. The molecule has 0 saturated heterocycles. The summed E-state index contributed by atoms with van der Waals surface area (Å²) < 4.78 is 4.92. The van der Waals surface area contributed by atoms with Gasteiger partial charge in [-0.15, -0.1) is 11.3 Å². The number of aromatic nitrogens is 1. The summed E-state index contributed by atoms with van der Waals surface area (Å²) in [4.78, 5) is 28.1. The molecule has 3 aromatic rings. The Morgan fingerprint density at radius 2 is 1.74 bits per heavy atom. The SMILES string of the molecule is CCOC(=O)c1csc(CCNC(=O)c2ccc(-c3ccccc3)cc2)n1. The summed E-state index contributed by atoms with van der Waals surface area (Å²) in [5.41, 5.74) is 3.12. The summed E-state index contributed by atoms with van der Waals surface area (Å²) >= 11 is 1.39. The van der Waals surface area contributed by atoms with Crippen molar-refractivity contribution in [1.29, 1.82) is 0 Å². The van der Waals surface area contributed by atoms with Crippen molar-refractivity contribution in [2.24, 2.45) is 0 Å². The van der Waals surface area contributed by atoms with E-state index >= 15 is 0 Å². The third-order valence-electron chi connectivity index (χ3n) is 3.91. The Labute approximate surface area is 162 Å². The molecule has 0 saturated carbocycles. The van der Waals surface area contributed by atoms with Crippen LogP contribution in [0.1, 0.15) is 32.8 Å². The molecular weight excluding hydrogens is 360 g/mol. The van der Waals surface area contributed by atoms with Crippen LogP contribution in [0, 0.1) is 0 Å². The minimum Gasteiger partial charge on any atom is -0.461 e. The number of hydrogen-bond donors (Lipinski definition) is 1. The summed E-state index contributed by atoms with van der Waals surface area (Å²) in [5, 5.41) is 5.35. The van der Waals surface area contributed by atoms with Gasteiger partial charge in [0.25, 0.3) is 5.91 Å². The van der Waals surface area contributed by atoms with Crippen molar-refractivity contribution in [1.82, 2.24) is 10.3 Å². The van der Waals surface area contributed by atoms with Gasteiger partial charge < -0.3 is 10.1 Å². The smallest absolute Gasteiger partial charge is 0.357 e. The molecule has 0 atom stereocenters. The predicted molar refractivity (Wildman–Crippen MR) is 106 cm³/mol. The van der Waals surface area contributed by atoms with E-state index in [1.165, 1.54) is 11.3 Å². The van der Waals surface area contributed by atoms with E-state index < -0.39 is 5.97 Å². The Hall–Kier alpha value is -2.99. The molecule has 2 aromatic carbocycles. The van der Waals surface area contributed by atoms with Gasteiger partial charge in [-0.25, -0.2) is 9.78 Å². The summed E-state index contributed by atoms with van der Waals surface area (Å²) in [5.74, 6) is -0.542. The van der Waals surface area contributed by atoms with E-state index in [0.29, 0.717) is 30.8 Å². The molecule has 138 valence electrons. The minimum absolute atomic E-state index is 0.128. The number of nitrogens with one attached hydrogen (secondary N) is 1. The fourth-order valence-electron chi connectivity index (χ4n) is 2.55. The molecule has 0 unspecified atom stereocenters. The van der Waals surface area contributed by atoms with Gasteiger partial charge in [0.05, 0.1) is 11.6 Å². The van der Waals surface area contributed by atoms with Gasteiger partial charge in [-0.2, -0.15) is 0 Å². The molecule has 0 fully saturated rings. The normalized spacial score (nSPS) is 10.4. The van der Waals surface area contributed by atoms with Crippen LogP contribution in [0.15, 0.2) is 60.0 Å². The van der Waals surface area contributed by atoms with Crippen molar-refractivity contribution in [3.8, 4) is 11.1 Å². The highest BCUT2D eigenvalue weighted by molar-refractivity contribution is 7.09. The highest BCUT2D eigenvalue weighted by Gasteiger charge is 2.12. The fourth-order valence-corrected chi connectivity index (χ4v) is 3.32. The topological polar surface area (TPSA) is 68.3 Å². The predicted octanol–water partition coefficient (Wildman–Crippen LogP) is 3.96. The van der Waals surface area contributed by atoms with Gasteiger partial charge in [0.1, 0.15) is 0 Å². The molecule has 0 radical (unpaired) electrons. The summed E-state index contributed by atoms with van der Waals surface area (Å²) in [6, 6.07) is 17.5. The van der Waals surface area contributed by atoms with Crippen molar-refractivity contribution < 1.29 is 14.3 Å². The van der Waals surface area contributed by atoms with Crippen molar-refractivity contribution in [2.75, 3.05) is 13.2 Å². The van der Waals surface area contributed by atoms with Gasteiger partial charge >= 0.3 is 5.97 Å². The van der Waals surface area contributed by atoms with Crippen LogP contribution >= 0.6 is 11.3 Å². The fraction of sp³-hybridized carbons (Fsp3) is 0.190. The number of esters is 1. The molecule has 6 heteroatoms. The van der Waals surface area contributed by atoms with Crippen LogP contribution in [0.2, 0.25) is 0 Å². The average molecular weight is 380 g/mol. The van der Waals surface area contributed by atoms with E-state index in [2.05, 4.69) is 10.3 Å². The second-order valence-electron chi connectivity index (χ2n) is 5.80. The molecule has 0 aliphatic rings. The highest BCUT2D eigenvalue weighted by Crippen LogP contribution is 2.19. The third-order valence-corrected chi connectivity index (χ3v) is 4.82. The second kappa shape index (κ2) is 9.09. The number of carbonyl (C=O) groups excluding carboxylic acids is 2. The first-order valence-electron chi connectivity index (χ1n) is 8.72. The van der Waals surface area contributed by atoms with Crippen molar-refractivity contribution in [2.45, 2.75) is 13.3 Å². The maximum Gasteiger partial charge on any atom is 0.357 e.